The van der Waals surface area contributed by atoms with Gasteiger partial charge in [0.05, 0.1) is 0 Å². The molecule has 0 bridgehead atoms. The van der Waals surface area contributed by atoms with Crippen LogP contribution in [0.5, 0.6) is 0 Å². The van der Waals surface area contributed by atoms with E-state index < -0.39 is 0 Å². The maximum atomic E-state index is 3.85. The molecular weight excluding hydrogens is 271 g/mol. The van der Waals surface area contributed by atoms with Gasteiger partial charge in [0.2, 0.25) is 0 Å². The summed E-state index contributed by atoms with van der Waals surface area (Å²) in [6.07, 6.45) is 10.1. The Morgan fingerprint density at radius 2 is 2.38 bits per heavy atom. The Kier molecular flexibility index (Phi) is 3.97. The topological polar surface area (TPSA) is 0 Å². The van der Waals surface area contributed by atoms with Gasteiger partial charge in [0.15, 0.2) is 0 Å². The second kappa shape index (κ2) is 4.80. The summed E-state index contributed by atoms with van der Waals surface area (Å²) in [5.74, 6) is 0.562. The van der Waals surface area contributed by atoms with E-state index in [1.165, 1.54) is 9.15 Å². The van der Waals surface area contributed by atoms with Crippen LogP contribution < -0.4 is 0 Å². The van der Waals surface area contributed by atoms with Gasteiger partial charge in [-0.15, -0.1) is 0 Å². The number of hydrogen-bond acceptors (Lipinski definition) is 0. The standard InChI is InChI=1S/C12H15I/c1-9(2)4-6-11-7-5-10(3)12(13)8-11/h4-6,8,11H,1,7H2,2-3H3/b6-4+. The third-order valence-electron chi connectivity index (χ3n) is 2.06. The highest BCUT2D eigenvalue weighted by molar-refractivity contribution is 14.1. The van der Waals surface area contributed by atoms with Crippen molar-refractivity contribution in [2.45, 2.75) is 20.3 Å². The van der Waals surface area contributed by atoms with Crippen LogP contribution in [-0.2, 0) is 0 Å². The lowest BCUT2D eigenvalue weighted by molar-refractivity contribution is 0.812. The minimum absolute atomic E-state index is 0.562. The van der Waals surface area contributed by atoms with Crippen LogP contribution in [0.25, 0.3) is 0 Å². The third-order valence-corrected chi connectivity index (χ3v) is 3.27. The molecule has 0 spiro atoms. The maximum Gasteiger partial charge on any atom is 0.0122 e. The van der Waals surface area contributed by atoms with Crippen molar-refractivity contribution in [1.82, 2.24) is 0 Å². The molecule has 0 aromatic heterocycles. The highest BCUT2D eigenvalue weighted by Gasteiger charge is 2.07. The maximum absolute atomic E-state index is 3.85. The molecule has 0 fully saturated rings. The molecule has 0 nitrogen and oxygen atoms in total. The Labute approximate surface area is 94.3 Å². The van der Waals surface area contributed by atoms with Gasteiger partial charge >= 0.3 is 0 Å². The van der Waals surface area contributed by atoms with Crippen LogP contribution >= 0.6 is 22.6 Å². The molecular formula is C12H15I. The normalized spacial score (nSPS) is 22.8. The smallest absolute Gasteiger partial charge is 0.0122 e. The van der Waals surface area contributed by atoms with Gasteiger partial charge < -0.3 is 0 Å². The van der Waals surface area contributed by atoms with E-state index in [0.29, 0.717) is 5.92 Å². The predicted octanol–water partition coefficient (Wildman–Crippen LogP) is 4.40. The zero-order chi connectivity index (χ0) is 9.84. The third kappa shape index (κ3) is 3.51. The van der Waals surface area contributed by atoms with Gasteiger partial charge in [0.25, 0.3) is 0 Å². The molecule has 0 amide bonds. The van der Waals surface area contributed by atoms with Gasteiger partial charge in [0.1, 0.15) is 0 Å². The molecule has 1 aliphatic carbocycles. The van der Waals surface area contributed by atoms with E-state index in [2.05, 4.69) is 60.4 Å². The summed E-state index contributed by atoms with van der Waals surface area (Å²) >= 11 is 2.39. The molecule has 0 N–H and O–H groups in total. The lowest BCUT2D eigenvalue weighted by atomic mass is 9.96. The fraction of sp³-hybridized carbons (Fsp3) is 0.333. The van der Waals surface area contributed by atoms with E-state index in [0.717, 1.165) is 12.0 Å². The Morgan fingerprint density at radius 3 is 2.92 bits per heavy atom. The summed E-state index contributed by atoms with van der Waals surface area (Å²) < 4.78 is 1.38. The van der Waals surface area contributed by atoms with Crippen molar-refractivity contribution < 1.29 is 0 Å². The predicted molar refractivity (Wildman–Crippen MR) is 67.9 cm³/mol. The van der Waals surface area contributed by atoms with E-state index in [4.69, 9.17) is 0 Å². The number of rotatable bonds is 2. The lowest BCUT2D eigenvalue weighted by Crippen LogP contribution is -1.97. The zero-order valence-electron chi connectivity index (χ0n) is 8.18. The van der Waals surface area contributed by atoms with Crippen LogP contribution in [0.2, 0.25) is 0 Å². The minimum atomic E-state index is 0.562. The molecule has 1 heteroatoms. The molecule has 1 unspecified atom stereocenters. The number of hydrogen-bond donors (Lipinski definition) is 0. The minimum Gasteiger partial charge on any atom is -0.0961 e. The molecule has 0 saturated heterocycles. The van der Waals surface area contributed by atoms with Gasteiger partial charge in [-0.3, -0.25) is 0 Å². The summed E-state index contributed by atoms with van der Waals surface area (Å²) in [6.45, 7) is 8.04. The quantitative estimate of drug-likeness (QED) is 0.521. The Balaban J connectivity index is 2.63. The fourth-order valence-corrected chi connectivity index (χ4v) is 1.90. The van der Waals surface area contributed by atoms with E-state index in [1.54, 1.807) is 0 Å². The van der Waals surface area contributed by atoms with Crippen LogP contribution in [-0.4, -0.2) is 0 Å². The van der Waals surface area contributed by atoms with Crippen LogP contribution in [0.15, 0.2) is 45.6 Å². The van der Waals surface area contributed by atoms with Gasteiger partial charge in [-0.05, 0) is 54.4 Å². The van der Waals surface area contributed by atoms with Crippen molar-refractivity contribution in [3.05, 3.63) is 45.6 Å². The Hall–Kier alpha value is -0.310. The molecule has 1 atom stereocenters. The molecule has 1 aliphatic rings. The second-order valence-electron chi connectivity index (χ2n) is 3.51. The number of halogens is 1. The number of allylic oxidation sites excluding steroid dienone is 7. The van der Waals surface area contributed by atoms with Crippen LogP contribution in [0.3, 0.4) is 0 Å². The summed E-state index contributed by atoms with van der Waals surface area (Å²) in [5.41, 5.74) is 2.52. The summed E-state index contributed by atoms with van der Waals surface area (Å²) in [5, 5.41) is 0. The molecule has 70 valence electrons. The molecule has 0 saturated carbocycles. The molecule has 0 aromatic carbocycles. The molecule has 0 aliphatic heterocycles. The van der Waals surface area contributed by atoms with Crippen molar-refractivity contribution >= 4 is 22.6 Å². The van der Waals surface area contributed by atoms with E-state index in [9.17, 15) is 0 Å². The first-order chi connectivity index (χ1) is 6.09. The first-order valence-electron chi connectivity index (χ1n) is 4.48. The second-order valence-corrected chi connectivity index (χ2v) is 4.67. The van der Waals surface area contributed by atoms with Crippen molar-refractivity contribution in [2.75, 3.05) is 0 Å². The fourth-order valence-electron chi connectivity index (χ4n) is 1.22. The summed E-state index contributed by atoms with van der Waals surface area (Å²) in [4.78, 5) is 0. The highest BCUT2D eigenvalue weighted by Crippen LogP contribution is 2.27. The molecule has 0 heterocycles. The molecule has 0 aromatic rings. The average Bonchev–Trinajstić information content (AvgIpc) is 2.07. The molecule has 13 heavy (non-hydrogen) atoms. The van der Waals surface area contributed by atoms with Gasteiger partial charge in [-0.2, -0.15) is 0 Å². The first-order valence-corrected chi connectivity index (χ1v) is 5.55. The van der Waals surface area contributed by atoms with E-state index in [-0.39, 0.29) is 0 Å². The van der Waals surface area contributed by atoms with Crippen molar-refractivity contribution in [3.63, 3.8) is 0 Å². The van der Waals surface area contributed by atoms with Gasteiger partial charge in [-0.1, -0.05) is 36.5 Å². The average molecular weight is 286 g/mol. The van der Waals surface area contributed by atoms with Crippen LogP contribution in [0, 0.1) is 5.92 Å². The van der Waals surface area contributed by atoms with Crippen molar-refractivity contribution in [3.8, 4) is 0 Å². The highest BCUT2D eigenvalue weighted by atomic mass is 127. The molecule has 0 radical (unpaired) electrons. The lowest BCUT2D eigenvalue weighted by Gasteiger charge is -2.13. The zero-order valence-corrected chi connectivity index (χ0v) is 10.3. The molecule has 1 rings (SSSR count). The first kappa shape index (κ1) is 10.8. The largest absolute Gasteiger partial charge is 0.0961 e. The SMILES string of the molecule is C=C(C)/C=C/C1C=C(I)C(C)=CC1. The van der Waals surface area contributed by atoms with E-state index >= 15 is 0 Å². The van der Waals surface area contributed by atoms with Crippen LogP contribution in [0.4, 0.5) is 0 Å². The van der Waals surface area contributed by atoms with Crippen LogP contribution in [0.1, 0.15) is 20.3 Å². The van der Waals surface area contributed by atoms with Gasteiger partial charge in [-0.25, -0.2) is 0 Å². The summed E-state index contributed by atoms with van der Waals surface area (Å²) in [7, 11) is 0. The van der Waals surface area contributed by atoms with E-state index in [1.807, 2.05) is 6.92 Å². The Bertz CT molecular complexity index is 292. The van der Waals surface area contributed by atoms with Crippen molar-refractivity contribution in [2.24, 2.45) is 5.92 Å². The monoisotopic (exact) mass is 286 g/mol. The van der Waals surface area contributed by atoms with Crippen molar-refractivity contribution in [1.29, 1.82) is 0 Å². The van der Waals surface area contributed by atoms with Gasteiger partial charge in [0, 0.05) is 3.58 Å². The summed E-state index contributed by atoms with van der Waals surface area (Å²) in [6, 6.07) is 0. The Morgan fingerprint density at radius 1 is 1.69 bits per heavy atom.